The zero-order valence-corrected chi connectivity index (χ0v) is 25.9. The zero-order valence-electron chi connectivity index (χ0n) is 25.9. The number of carbonyl (C=O) groups excluding carboxylic acids is 3. The largest absolute Gasteiger partial charge is 0.457 e. The number of piperazine rings is 1. The lowest BCUT2D eigenvalue weighted by Gasteiger charge is -2.42. The molecule has 46 heavy (non-hydrogen) atoms. The van der Waals surface area contributed by atoms with E-state index in [1.165, 1.54) is 0 Å². The second-order valence-electron chi connectivity index (χ2n) is 12.2. The molecule has 3 amide bonds. The summed E-state index contributed by atoms with van der Waals surface area (Å²) in [6, 6.07) is 29.7. The second kappa shape index (κ2) is 14.6. The molecule has 4 aromatic carbocycles. The molecule has 0 aromatic heterocycles. The van der Waals surface area contributed by atoms with Gasteiger partial charge in [0.25, 0.3) is 0 Å². The summed E-state index contributed by atoms with van der Waals surface area (Å²) in [6.45, 7) is 2.45. The fourth-order valence-corrected chi connectivity index (χ4v) is 6.41. The van der Waals surface area contributed by atoms with E-state index < -0.39 is 12.1 Å². The molecule has 0 spiro atoms. The Morgan fingerprint density at radius 2 is 1.50 bits per heavy atom. The molecule has 0 aliphatic carbocycles. The molecule has 0 bridgehead atoms. The van der Waals surface area contributed by atoms with E-state index in [2.05, 4.69) is 16.7 Å². The maximum atomic E-state index is 14.2. The first kappa shape index (κ1) is 31.3. The SMILES string of the molecule is NCC(=O)N(CC1CCNCC1)CC1C(=O)NC(Cc2ccc3ccccc3c2)C(=O)N1Cc1ccc(Oc2ccccc2)cc1. The third kappa shape index (κ3) is 7.55. The van der Waals surface area contributed by atoms with E-state index in [0.29, 0.717) is 24.6 Å². The number of benzene rings is 4. The first-order valence-corrected chi connectivity index (χ1v) is 16.1. The van der Waals surface area contributed by atoms with E-state index in [-0.39, 0.29) is 37.4 Å². The average molecular weight is 620 g/mol. The van der Waals surface area contributed by atoms with Gasteiger partial charge in [0.2, 0.25) is 17.7 Å². The van der Waals surface area contributed by atoms with Crippen LogP contribution in [0.2, 0.25) is 0 Å². The van der Waals surface area contributed by atoms with Crippen molar-refractivity contribution in [2.75, 3.05) is 32.7 Å². The fourth-order valence-electron chi connectivity index (χ4n) is 6.41. The number of nitrogens with one attached hydrogen (secondary N) is 2. The number of ether oxygens (including phenoxy) is 1. The monoisotopic (exact) mass is 619 g/mol. The quantitative estimate of drug-likeness (QED) is 0.235. The number of para-hydroxylation sites is 1. The van der Waals surface area contributed by atoms with Crippen LogP contribution in [-0.4, -0.2) is 72.3 Å². The van der Waals surface area contributed by atoms with Crippen LogP contribution in [0.25, 0.3) is 10.8 Å². The van der Waals surface area contributed by atoms with Gasteiger partial charge in [0.1, 0.15) is 23.6 Å². The predicted octanol–water partition coefficient (Wildman–Crippen LogP) is 3.86. The summed E-state index contributed by atoms with van der Waals surface area (Å²) in [5.41, 5.74) is 7.64. The maximum Gasteiger partial charge on any atom is 0.246 e. The van der Waals surface area contributed by atoms with Crippen LogP contribution >= 0.6 is 0 Å². The van der Waals surface area contributed by atoms with E-state index in [1.54, 1.807) is 9.80 Å². The van der Waals surface area contributed by atoms with Crippen LogP contribution in [0.15, 0.2) is 97.1 Å². The van der Waals surface area contributed by atoms with Gasteiger partial charge >= 0.3 is 0 Å². The van der Waals surface area contributed by atoms with Gasteiger partial charge in [0, 0.05) is 19.5 Å². The lowest BCUT2D eigenvalue weighted by atomic mass is 9.96. The third-order valence-corrected chi connectivity index (χ3v) is 8.94. The number of nitrogens with zero attached hydrogens (tertiary/aromatic N) is 2. The molecular weight excluding hydrogens is 578 g/mol. The molecular formula is C37H41N5O4. The average Bonchev–Trinajstić information content (AvgIpc) is 3.09. The smallest absolute Gasteiger partial charge is 0.246 e. The van der Waals surface area contributed by atoms with Gasteiger partial charge in [-0.2, -0.15) is 0 Å². The molecule has 2 heterocycles. The lowest BCUT2D eigenvalue weighted by Crippen LogP contribution is -2.66. The minimum absolute atomic E-state index is 0.0927. The molecule has 0 saturated carbocycles. The number of fused-ring (bicyclic) bond motifs is 1. The molecule has 0 radical (unpaired) electrons. The lowest BCUT2D eigenvalue weighted by molar-refractivity contribution is -0.152. The van der Waals surface area contributed by atoms with Gasteiger partial charge in [-0.3, -0.25) is 14.4 Å². The number of rotatable bonds is 11. The van der Waals surface area contributed by atoms with E-state index >= 15 is 0 Å². The topological polar surface area (TPSA) is 117 Å². The summed E-state index contributed by atoms with van der Waals surface area (Å²) in [6.07, 6.45) is 2.25. The van der Waals surface area contributed by atoms with E-state index in [4.69, 9.17) is 10.5 Å². The molecule has 2 aliphatic heterocycles. The van der Waals surface area contributed by atoms with Crippen LogP contribution in [0.1, 0.15) is 24.0 Å². The van der Waals surface area contributed by atoms with Crippen molar-refractivity contribution < 1.29 is 19.1 Å². The Labute approximate surface area is 269 Å². The predicted molar refractivity (Wildman–Crippen MR) is 178 cm³/mol. The van der Waals surface area contributed by atoms with Crippen molar-refractivity contribution in [2.45, 2.75) is 37.9 Å². The highest BCUT2D eigenvalue weighted by molar-refractivity contribution is 5.97. The number of nitrogens with two attached hydrogens (primary N) is 1. The minimum atomic E-state index is -0.849. The molecule has 4 N–H and O–H groups in total. The van der Waals surface area contributed by atoms with Gasteiger partial charge in [0.05, 0.1) is 13.1 Å². The van der Waals surface area contributed by atoms with Gasteiger partial charge in [-0.05, 0) is 78.0 Å². The Morgan fingerprint density at radius 3 is 2.24 bits per heavy atom. The van der Waals surface area contributed by atoms with Crippen LogP contribution in [0, 0.1) is 5.92 Å². The highest BCUT2D eigenvalue weighted by Crippen LogP contribution is 2.25. The molecule has 238 valence electrons. The van der Waals surface area contributed by atoms with Crippen LogP contribution in [0.4, 0.5) is 0 Å². The van der Waals surface area contributed by atoms with Crippen LogP contribution < -0.4 is 21.1 Å². The normalized spacial score (nSPS) is 18.8. The molecule has 6 rings (SSSR count). The Morgan fingerprint density at radius 1 is 0.826 bits per heavy atom. The van der Waals surface area contributed by atoms with Crippen molar-refractivity contribution in [3.63, 3.8) is 0 Å². The Kier molecular flexibility index (Phi) is 9.91. The minimum Gasteiger partial charge on any atom is -0.457 e. The second-order valence-corrected chi connectivity index (χ2v) is 12.2. The van der Waals surface area contributed by atoms with E-state index in [9.17, 15) is 14.4 Å². The molecule has 2 atom stereocenters. The number of hydrogen-bond donors (Lipinski definition) is 3. The van der Waals surface area contributed by atoms with Crippen LogP contribution in [0.5, 0.6) is 11.5 Å². The molecule has 2 unspecified atom stereocenters. The van der Waals surface area contributed by atoms with Gasteiger partial charge < -0.3 is 30.9 Å². The summed E-state index contributed by atoms with van der Waals surface area (Å²) in [5, 5.41) is 8.55. The molecule has 9 nitrogen and oxygen atoms in total. The standard InChI is InChI=1S/C37H41N5O4/c38-22-35(43)41(23-27-16-18-39-19-17-27)25-34-36(44)40-33(21-28-10-13-29-6-4-5-7-30(29)20-28)37(45)42(34)24-26-11-14-32(15-12-26)46-31-8-2-1-3-9-31/h1-15,20,27,33-34,39H,16-19,21-25,38H2,(H,40,44). The first-order valence-electron chi connectivity index (χ1n) is 16.1. The Bertz CT molecular complexity index is 1660. The Hall–Kier alpha value is -4.73. The van der Waals surface area contributed by atoms with Crippen molar-refractivity contribution in [2.24, 2.45) is 11.7 Å². The van der Waals surface area contributed by atoms with Crippen molar-refractivity contribution in [3.8, 4) is 11.5 Å². The van der Waals surface area contributed by atoms with Crippen molar-refractivity contribution >= 4 is 28.5 Å². The Balaban J connectivity index is 1.24. The molecule has 2 saturated heterocycles. The van der Waals surface area contributed by atoms with Crippen molar-refractivity contribution in [3.05, 3.63) is 108 Å². The highest BCUT2D eigenvalue weighted by Gasteiger charge is 2.42. The number of piperidine rings is 1. The summed E-state index contributed by atoms with van der Waals surface area (Å²) >= 11 is 0. The van der Waals surface area contributed by atoms with Gasteiger partial charge in [-0.15, -0.1) is 0 Å². The van der Waals surface area contributed by atoms with E-state index in [0.717, 1.165) is 53.6 Å². The molecule has 2 fully saturated rings. The summed E-state index contributed by atoms with van der Waals surface area (Å²) in [4.78, 5) is 44.4. The summed E-state index contributed by atoms with van der Waals surface area (Å²) < 4.78 is 5.95. The zero-order chi connectivity index (χ0) is 31.9. The number of amides is 3. The molecule has 9 heteroatoms. The van der Waals surface area contributed by atoms with Gasteiger partial charge in [-0.1, -0.05) is 72.8 Å². The van der Waals surface area contributed by atoms with Crippen LogP contribution in [0.3, 0.4) is 0 Å². The van der Waals surface area contributed by atoms with Gasteiger partial charge in [-0.25, -0.2) is 0 Å². The summed E-state index contributed by atoms with van der Waals surface area (Å²) in [5.74, 6) is 1.04. The molecule has 4 aromatic rings. The van der Waals surface area contributed by atoms with Crippen molar-refractivity contribution in [1.82, 2.24) is 20.4 Å². The number of hydrogen-bond acceptors (Lipinski definition) is 6. The van der Waals surface area contributed by atoms with Gasteiger partial charge in [0.15, 0.2) is 0 Å². The highest BCUT2D eigenvalue weighted by atomic mass is 16.5. The van der Waals surface area contributed by atoms with E-state index in [1.807, 2.05) is 91.0 Å². The van der Waals surface area contributed by atoms with Crippen molar-refractivity contribution in [1.29, 1.82) is 0 Å². The summed E-state index contributed by atoms with van der Waals surface area (Å²) in [7, 11) is 0. The third-order valence-electron chi connectivity index (χ3n) is 8.94. The fraction of sp³-hybridized carbons (Fsp3) is 0.324. The maximum absolute atomic E-state index is 14.2. The molecule has 2 aliphatic rings. The number of carbonyl (C=O) groups is 3. The first-order chi connectivity index (χ1) is 22.5. The van der Waals surface area contributed by atoms with Crippen LogP contribution in [-0.2, 0) is 27.3 Å².